The molecule has 0 unspecified atom stereocenters. The third-order valence-corrected chi connectivity index (χ3v) is 2.02. The van der Waals surface area contributed by atoms with Crippen LogP contribution in [0.15, 0.2) is 29.3 Å². The summed E-state index contributed by atoms with van der Waals surface area (Å²) in [4.78, 5) is 26.4. The molecule has 0 fully saturated rings. The lowest BCUT2D eigenvalue weighted by Gasteiger charge is -2.07. The molecule has 0 aliphatic carbocycles. The first-order chi connectivity index (χ1) is 10.1. The Balaban J connectivity index is 0.000000433. The highest BCUT2D eigenvalue weighted by Crippen LogP contribution is 2.16. The highest BCUT2D eigenvalue weighted by atomic mass is 16.6. The smallest absolute Gasteiger partial charge is 0.349 e. The van der Waals surface area contributed by atoms with Gasteiger partial charge in [-0.3, -0.25) is 10.2 Å². The quantitative estimate of drug-likeness (QED) is 0.243. The van der Waals surface area contributed by atoms with Crippen LogP contribution in [0.3, 0.4) is 0 Å². The third kappa shape index (κ3) is 7.48. The fourth-order valence-corrected chi connectivity index (χ4v) is 1.05. The van der Waals surface area contributed by atoms with Gasteiger partial charge in [-0.15, -0.1) is 0 Å². The van der Waals surface area contributed by atoms with E-state index >= 15 is 0 Å². The second-order valence-electron chi connectivity index (χ2n) is 4.15. The van der Waals surface area contributed by atoms with Gasteiger partial charge in [0, 0.05) is 21.0 Å². The normalized spacial score (nSPS) is 8.86. The number of ether oxygens (including phenoxy) is 1. The van der Waals surface area contributed by atoms with E-state index in [9.17, 15) is 14.7 Å². The molecule has 1 aromatic carbocycles. The molecule has 120 valence electrons. The van der Waals surface area contributed by atoms with Crippen LogP contribution in [0.1, 0.15) is 17.3 Å². The maximum absolute atomic E-state index is 11.1. The second-order valence-corrected chi connectivity index (χ2v) is 4.15. The highest BCUT2D eigenvalue weighted by molar-refractivity contribution is 5.98. The van der Waals surface area contributed by atoms with E-state index < -0.39 is 11.9 Å². The molecule has 0 amide bonds. The summed E-state index contributed by atoms with van der Waals surface area (Å²) in [5.41, 5.74) is 9.97. The van der Waals surface area contributed by atoms with Crippen LogP contribution in [0.4, 0.5) is 0 Å². The van der Waals surface area contributed by atoms with E-state index in [0.717, 1.165) is 6.92 Å². The number of benzene rings is 1. The van der Waals surface area contributed by atoms with Crippen molar-refractivity contribution in [2.45, 2.75) is 6.92 Å². The Kier molecular flexibility index (Phi) is 7.69. The van der Waals surface area contributed by atoms with Crippen LogP contribution in [0.25, 0.3) is 0 Å². The highest BCUT2D eigenvalue weighted by Gasteiger charge is 2.13. The standard InChI is InChI=1S/C9H8O4.C4H11N5/c1-6(10)13-9(12)7-4-2-3-5-8(7)11;1-9(2)4(7)8-3(5)6/h2-5,11H,1H3;1-2H3,(H5,5,6,7,8). The van der Waals surface area contributed by atoms with Crippen molar-refractivity contribution in [1.82, 2.24) is 4.90 Å². The van der Waals surface area contributed by atoms with E-state index in [2.05, 4.69) is 9.73 Å². The average Bonchev–Trinajstić information content (AvgIpc) is 2.38. The van der Waals surface area contributed by atoms with Crippen LogP contribution in [-0.4, -0.2) is 48.0 Å². The van der Waals surface area contributed by atoms with Crippen molar-refractivity contribution in [2.75, 3.05) is 14.1 Å². The molecule has 1 aromatic rings. The van der Waals surface area contributed by atoms with Gasteiger partial charge < -0.3 is 26.2 Å². The molecule has 0 saturated heterocycles. The Labute approximate surface area is 127 Å². The summed E-state index contributed by atoms with van der Waals surface area (Å²) in [6, 6.07) is 5.85. The minimum absolute atomic E-state index is 0.0160. The zero-order chi connectivity index (χ0) is 17.3. The van der Waals surface area contributed by atoms with Crippen molar-refractivity contribution in [1.29, 1.82) is 5.41 Å². The Bertz CT molecular complexity index is 580. The summed E-state index contributed by atoms with van der Waals surface area (Å²) >= 11 is 0. The molecule has 0 aliphatic rings. The number of nitrogens with zero attached hydrogens (tertiary/aromatic N) is 2. The van der Waals surface area contributed by atoms with E-state index in [-0.39, 0.29) is 23.2 Å². The van der Waals surface area contributed by atoms with Gasteiger partial charge >= 0.3 is 11.9 Å². The number of hydrogen-bond acceptors (Lipinski definition) is 5. The molecule has 0 atom stereocenters. The summed E-state index contributed by atoms with van der Waals surface area (Å²) in [5.74, 6) is -1.78. The molecule has 0 spiro atoms. The molecule has 6 N–H and O–H groups in total. The number of rotatable bonds is 1. The van der Waals surface area contributed by atoms with E-state index in [0.29, 0.717) is 0 Å². The Morgan fingerprint density at radius 3 is 2.18 bits per heavy atom. The average molecular weight is 309 g/mol. The van der Waals surface area contributed by atoms with Gasteiger partial charge in [0.1, 0.15) is 11.3 Å². The fourth-order valence-electron chi connectivity index (χ4n) is 1.05. The van der Waals surface area contributed by atoms with Crippen LogP contribution < -0.4 is 11.5 Å². The summed E-state index contributed by atoms with van der Waals surface area (Å²) in [6.45, 7) is 1.12. The molecule has 22 heavy (non-hydrogen) atoms. The third-order valence-electron chi connectivity index (χ3n) is 2.02. The van der Waals surface area contributed by atoms with Crippen LogP contribution in [-0.2, 0) is 9.53 Å². The summed E-state index contributed by atoms with van der Waals surface area (Å²) in [5, 5.41) is 16.2. The van der Waals surface area contributed by atoms with Gasteiger partial charge in [0.25, 0.3) is 0 Å². The summed E-state index contributed by atoms with van der Waals surface area (Å²) in [6.07, 6.45) is 0. The van der Waals surface area contributed by atoms with Crippen molar-refractivity contribution in [3.8, 4) is 5.75 Å². The van der Waals surface area contributed by atoms with Gasteiger partial charge in [-0.2, -0.15) is 4.99 Å². The van der Waals surface area contributed by atoms with Crippen molar-refractivity contribution in [3.05, 3.63) is 29.8 Å². The molecule has 0 bridgehead atoms. The van der Waals surface area contributed by atoms with Crippen LogP contribution in [0.5, 0.6) is 5.75 Å². The number of phenolic OH excluding ortho intramolecular Hbond substituents is 1. The number of esters is 2. The molecule has 0 radical (unpaired) electrons. The maximum atomic E-state index is 11.1. The minimum atomic E-state index is -0.842. The van der Waals surface area contributed by atoms with E-state index in [1.807, 2.05) is 0 Å². The number of nitrogens with one attached hydrogen (secondary N) is 1. The van der Waals surface area contributed by atoms with Gasteiger partial charge in [0.15, 0.2) is 5.96 Å². The van der Waals surface area contributed by atoms with E-state index in [4.69, 9.17) is 16.9 Å². The SMILES string of the molecule is CC(=O)OC(=O)c1ccccc1O.CN(C)C(=N)N=C(N)N. The fraction of sp³-hybridized carbons (Fsp3) is 0.231. The number of nitrogens with two attached hydrogens (primary N) is 2. The minimum Gasteiger partial charge on any atom is -0.507 e. The van der Waals surface area contributed by atoms with Crippen molar-refractivity contribution >= 4 is 23.9 Å². The van der Waals surface area contributed by atoms with Gasteiger partial charge in [0.2, 0.25) is 5.96 Å². The summed E-state index contributed by atoms with van der Waals surface area (Å²) < 4.78 is 4.28. The van der Waals surface area contributed by atoms with Crippen molar-refractivity contribution in [2.24, 2.45) is 16.5 Å². The first-order valence-corrected chi connectivity index (χ1v) is 6.01. The van der Waals surface area contributed by atoms with Crippen molar-refractivity contribution < 1.29 is 19.4 Å². The summed E-state index contributed by atoms with van der Waals surface area (Å²) in [7, 11) is 3.38. The number of hydrogen-bond donors (Lipinski definition) is 4. The zero-order valence-corrected chi connectivity index (χ0v) is 12.5. The lowest BCUT2D eigenvalue weighted by molar-refractivity contribution is -0.135. The Hall–Kier alpha value is -3.10. The lowest BCUT2D eigenvalue weighted by atomic mass is 10.2. The van der Waals surface area contributed by atoms with Crippen LogP contribution in [0, 0.1) is 5.41 Å². The lowest BCUT2D eigenvalue weighted by Crippen LogP contribution is -2.28. The first kappa shape index (κ1) is 18.9. The first-order valence-electron chi connectivity index (χ1n) is 6.01. The Morgan fingerprint density at radius 2 is 1.82 bits per heavy atom. The predicted molar refractivity (Wildman–Crippen MR) is 81.4 cm³/mol. The van der Waals surface area contributed by atoms with E-state index in [1.165, 1.54) is 17.0 Å². The number of phenols is 1. The number of carbonyl (C=O) groups is 2. The number of guanidine groups is 2. The topological polar surface area (TPSA) is 155 Å². The molecule has 9 nitrogen and oxygen atoms in total. The van der Waals surface area contributed by atoms with Crippen LogP contribution in [0.2, 0.25) is 0 Å². The molecule has 9 heteroatoms. The zero-order valence-electron chi connectivity index (χ0n) is 12.5. The molecule has 0 aromatic heterocycles. The number of aliphatic imine (C=N–C) groups is 1. The van der Waals surface area contributed by atoms with Gasteiger partial charge in [-0.25, -0.2) is 4.79 Å². The molecule has 0 aliphatic heterocycles. The number of para-hydroxylation sites is 1. The van der Waals surface area contributed by atoms with Gasteiger partial charge in [-0.05, 0) is 12.1 Å². The second kappa shape index (κ2) is 8.95. The molecular weight excluding hydrogens is 290 g/mol. The van der Waals surface area contributed by atoms with Gasteiger partial charge in [-0.1, -0.05) is 12.1 Å². The van der Waals surface area contributed by atoms with Gasteiger partial charge in [0.05, 0.1) is 0 Å². The molecule has 1 rings (SSSR count). The number of carbonyl (C=O) groups excluding carboxylic acids is 2. The predicted octanol–water partition coefficient (Wildman–Crippen LogP) is -0.148. The van der Waals surface area contributed by atoms with Crippen LogP contribution >= 0.6 is 0 Å². The Morgan fingerprint density at radius 1 is 1.27 bits per heavy atom. The molecule has 0 saturated carbocycles. The van der Waals surface area contributed by atoms with E-state index in [1.54, 1.807) is 26.2 Å². The number of aromatic hydroxyl groups is 1. The largest absolute Gasteiger partial charge is 0.507 e. The monoisotopic (exact) mass is 309 g/mol. The maximum Gasteiger partial charge on any atom is 0.349 e. The molecular formula is C13H19N5O4. The van der Waals surface area contributed by atoms with Crippen molar-refractivity contribution in [3.63, 3.8) is 0 Å². The molecule has 0 heterocycles.